The molecule has 36 heavy (non-hydrogen) atoms. The summed E-state index contributed by atoms with van der Waals surface area (Å²) in [5.74, 6) is -0.429. The minimum absolute atomic E-state index is 0.0635. The fraction of sp³-hybridized carbons (Fsp3) is 0.292. The van der Waals surface area contributed by atoms with E-state index in [0.29, 0.717) is 30.0 Å². The van der Waals surface area contributed by atoms with Crippen molar-refractivity contribution in [3.8, 4) is 22.3 Å². The van der Waals surface area contributed by atoms with E-state index < -0.39 is 33.6 Å². The highest BCUT2D eigenvalue weighted by Gasteiger charge is 2.36. The normalized spacial score (nSPS) is 16.6. The van der Waals surface area contributed by atoms with Gasteiger partial charge in [-0.05, 0) is 48.9 Å². The van der Waals surface area contributed by atoms with E-state index >= 15 is 0 Å². The number of likely N-dealkylation sites (tertiary alicyclic amines) is 1. The second-order valence-electron chi connectivity index (χ2n) is 8.38. The summed E-state index contributed by atoms with van der Waals surface area (Å²) >= 11 is 7.25. The molecule has 0 unspecified atom stereocenters. The highest BCUT2D eigenvalue weighted by Crippen LogP contribution is 2.41. The van der Waals surface area contributed by atoms with Crippen molar-refractivity contribution >= 4 is 38.6 Å². The number of alkyl halides is 3. The smallest absolute Gasteiger partial charge is 0.419 e. The summed E-state index contributed by atoms with van der Waals surface area (Å²) in [4.78, 5) is 2.44. The van der Waals surface area contributed by atoms with Crippen LogP contribution in [0.2, 0.25) is 5.02 Å². The molecule has 0 radical (unpaired) electrons. The van der Waals surface area contributed by atoms with Gasteiger partial charge in [-0.15, -0.1) is 11.3 Å². The molecule has 3 aromatic rings. The molecule has 0 amide bonds. The molecule has 1 saturated heterocycles. The first-order valence-corrected chi connectivity index (χ1v) is 13.5. The molecule has 6 nitrogen and oxygen atoms in total. The van der Waals surface area contributed by atoms with E-state index in [-0.39, 0.29) is 21.3 Å². The number of rotatable bonds is 7. The topological polar surface area (TPSA) is 82.4 Å². The minimum atomic E-state index is -4.66. The predicted octanol–water partition coefficient (Wildman–Crippen LogP) is 6.04. The Morgan fingerprint density at radius 3 is 2.69 bits per heavy atom. The van der Waals surface area contributed by atoms with Gasteiger partial charge in [0.15, 0.2) is 0 Å². The van der Waals surface area contributed by atoms with Crippen LogP contribution < -0.4 is 9.46 Å². The third-order valence-corrected chi connectivity index (χ3v) is 9.03. The summed E-state index contributed by atoms with van der Waals surface area (Å²) < 4.78 is 74.7. The highest BCUT2D eigenvalue weighted by atomic mass is 35.5. The van der Waals surface area contributed by atoms with Crippen molar-refractivity contribution in [2.45, 2.75) is 29.3 Å². The third-order valence-electron chi connectivity index (χ3n) is 5.58. The fourth-order valence-electron chi connectivity index (χ4n) is 3.88. The average Bonchev–Trinajstić information content (AvgIpc) is 3.39. The van der Waals surface area contributed by atoms with Gasteiger partial charge in [0.25, 0.3) is 10.0 Å². The maximum Gasteiger partial charge on any atom is 0.419 e. The van der Waals surface area contributed by atoms with Gasteiger partial charge in [0.2, 0.25) is 0 Å². The van der Waals surface area contributed by atoms with Crippen LogP contribution in [0.5, 0.6) is 5.75 Å². The largest absolute Gasteiger partial charge is 0.488 e. The number of halogens is 4. The molecule has 1 aliphatic rings. The van der Waals surface area contributed by atoms with E-state index in [1.165, 1.54) is 6.07 Å². The molecule has 1 fully saturated rings. The molecule has 1 N–H and O–H groups in total. The molecule has 1 aliphatic heterocycles. The fourth-order valence-corrected chi connectivity index (χ4v) is 6.75. The van der Waals surface area contributed by atoms with E-state index in [1.54, 1.807) is 24.3 Å². The molecule has 12 heteroatoms. The van der Waals surface area contributed by atoms with Crippen LogP contribution in [0.15, 0.2) is 52.7 Å². The zero-order chi connectivity index (χ0) is 26.1. The van der Waals surface area contributed by atoms with Gasteiger partial charge in [0.05, 0.1) is 33.6 Å². The Morgan fingerprint density at radius 1 is 1.25 bits per heavy atom. The standard InChI is InChI=1S/C24H21ClF3N3O3S2/c1-31-10-8-18(14-31)34-21-12-17(5-6-19(21)24(26,27)28)30-36(32,33)22-13-20(25)23(35-22)16-4-2-3-15(11-16)7-9-29/h2-6,11-13,18,30H,7-8,10,14H2,1H3/t18-/m1/s1. The number of thiophene rings is 1. The molecule has 0 saturated carbocycles. The number of likely N-dealkylation sites (N-methyl/N-ethyl adjacent to an activating group) is 1. The molecule has 2 heterocycles. The quantitative estimate of drug-likeness (QED) is 0.384. The van der Waals surface area contributed by atoms with Gasteiger partial charge in [-0.25, -0.2) is 8.42 Å². The van der Waals surface area contributed by atoms with E-state index in [0.717, 1.165) is 35.1 Å². The Labute approximate surface area is 215 Å². The zero-order valence-electron chi connectivity index (χ0n) is 19.0. The van der Waals surface area contributed by atoms with Gasteiger partial charge < -0.3 is 9.64 Å². The van der Waals surface area contributed by atoms with E-state index in [1.807, 2.05) is 11.9 Å². The number of sulfonamides is 1. The van der Waals surface area contributed by atoms with Crippen LogP contribution in [0.25, 0.3) is 10.4 Å². The van der Waals surface area contributed by atoms with Gasteiger partial charge >= 0.3 is 6.18 Å². The lowest BCUT2D eigenvalue weighted by Gasteiger charge is -2.19. The maximum atomic E-state index is 13.6. The Kier molecular flexibility index (Phi) is 7.52. The molecule has 4 rings (SSSR count). The van der Waals surface area contributed by atoms with Crippen molar-refractivity contribution in [3.05, 3.63) is 64.7 Å². The molecule has 190 valence electrons. The lowest BCUT2D eigenvalue weighted by molar-refractivity contribution is -0.139. The van der Waals surface area contributed by atoms with Crippen molar-refractivity contribution in [2.75, 3.05) is 24.9 Å². The lowest BCUT2D eigenvalue weighted by Crippen LogP contribution is -2.23. The van der Waals surface area contributed by atoms with Crippen LogP contribution in [0, 0.1) is 11.3 Å². The number of hydrogen-bond donors (Lipinski definition) is 1. The van der Waals surface area contributed by atoms with Gasteiger partial charge in [-0.2, -0.15) is 18.4 Å². The summed E-state index contributed by atoms with van der Waals surface area (Å²) in [7, 11) is -2.31. The predicted molar refractivity (Wildman–Crippen MR) is 133 cm³/mol. The number of hydrogen-bond acceptors (Lipinski definition) is 6. The van der Waals surface area contributed by atoms with E-state index in [9.17, 15) is 21.6 Å². The summed E-state index contributed by atoms with van der Waals surface area (Å²) in [6.45, 7) is 1.17. The molecule has 0 bridgehead atoms. The lowest BCUT2D eigenvalue weighted by atomic mass is 10.1. The van der Waals surface area contributed by atoms with E-state index in [4.69, 9.17) is 21.6 Å². The number of anilines is 1. The van der Waals surface area contributed by atoms with Gasteiger partial charge in [0.1, 0.15) is 16.1 Å². The Bertz CT molecular complexity index is 1420. The number of nitriles is 1. The molecular formula is C24H21ClF3N3O3S2. The van der Waals surface area contributed by atoms with Crippen molar-refractivity contribution < 1.29 is 26.3 Å². The van der Waals surface area contributed by atoms with Crippen LogP contribution >= 0.6 is 22.9 Å². The molecule has 0 spiro atoms. The Morgan fingerprint density at radius 2 is 2.03 bits per heavy atom. The van der Waals surface area contributed by atoms with Crippen LogP contribution in [0.1, 0.15) is 17.5 Å². The van der Waals surface area contributed by atoms with Gasteiger partial charge in [0, 0.05) is 19.2 Å². The Balaban J connectivity index is 1.62. The zero-order valence-corrected chi connectivity index (χ0v) is 21.4. The van der Waals surface area contributed by atoms with Crippen LogP contribution in [0.3, 0.4) is 0 Å². The number of nitrogens with zero attached hydrogens (tertiary/aromatic N) is 2. The molecule has 1 atom stereocenters. The number of nitrogens with one attached hydrogen (secondary N) is 1. The number of ether oxygens (including phenoxy) is 1. The highest BCUT2D eigenvalue weighted by molar-refractivity contribution is 7.94. The van der Waals surface area contributed by atoms with Crippen molar-refractivity contribution in [1.82, 2.24) is 4.90 Å². The monoisotopic (exact) mass is 555 g/mol. The average molecular weight is 556 g/mol. The summed E-state index contributed by atoms with van der Waals surface area (Å²) in [6.07, 6.45) is -4.33. The molecule has 1 aromatic heterocycles. The van der Waals surface area contributed by atoms with E-state index in [2.05, 4.69) is 10.8 Å². The summed E-state index contributed by atoms with van der Waals surface area (Å²) in [5, 5.41) is 9.13. The second kappa shape index (κ2) is 10.3. The minimum Gasteiger partial charge on any atom is -0.488 e. The maximum absolute atomic E-state index is 13.6. The summed E-state index contributed by atoms with van der Waals surface area (Å²) in [6, 6.07) is 13.3. The SMILES string of the molecule is CN1CC[C@@H](Oc2cc(NS(=O)(=O)c3cc(Cl)c(-c4cccc(CC#N)c4)s3)ccc2C(F)(F)F)C1. The van der Waals surface area contributed by atoms with Crippen molar-refractivity contribution in [2.24, 2.45) is 0 Å². The second-order valence-corrected chi connectivity index (χ2v) is 11.8. The van der Waals surface area contributed by atoms with Crippen LogP contribution in [-0.2, 0) is 22.6 Å². The third kappa shape index (κ3) is 5.95. The van der Waals surface area contributed by atoms with Crippen molar-refractivity contribution in [3.63, 3.8) is 0 Å². The Hall–Kier alpha value is -2.78. The summed E-state index contributed by atoms with van der Waals surface area (Å²) in [5.41, 5.74) is 0.379. The first-order valence-electron chi connectivity index (χ1n) is 10.8. The molecule has 2 aromatic carbocycles. The first-order chi connectivity index (χ1) is 17.0. The van der Waals surface area contributed by atoms with Crippen molar-refractivity contribution in [1.29, 1.82) is 5.26 Å². The molecular weight excluding hydrogens is 535 g/mol. The number of benzene rings is 2. The van der Waals surface area contributed by atoms with Crippen LogP contribution in [-0.4, -0.2) is 39.6 Å². The molecule has 0 aliphatic carbocycles. The first kappa shape index (κ1) is 26.3. The van der Waals surface area contributed by atoms with Gasteiger partial charge in [-0.3, -0.25) is 4.72 Å². The van der Waals surface area contributed by atoms with Gasteiger partial charge in [-0.1, -0.05) is 29.8 Å². The van der Waals surface area contributed by atoms with Crippen LogP contribution in [0.4, 0.5) is 18.9 Å².